The zero-order valence-electron chi connectivity index (χ0n) is 11.5. The van der Waals surface area contributed by atoms with Gasteiger partial charge in [0.2, 0.25) is 5.91 Å². The molecular weight excluding hydrogens is 269 g/mol. The fourth-order valence-electron chi connectivity index (χ4n) is 1.86. The Balaban J connectivity index is 1.97. The Kier molecular flexibility index (Phi) is 4.52. The summed E-state index contributed by atoms with van der Waals surface area (Å²) in [6, 6.07) is 14.7. The first-order valence-electron chi connectivity index (χ1n) is 6.35. The molecule has 0 aromatic heterocycles. The van der Waals surface area contributed by atoms with Crippen LogP contribution in [-0.2, 0) is 4.79 Å². The van der Waals surface area contributed by atoms with Crippen LogP contribution in [0.5, 0.6) is 0 Å². The van der Waals surface area contributed by atoms with Crippen LogP contribution in [0.15, 0.2) is 48.5 Å². The lowest BCUT2D eigenvalue weighted by Gasteiger charge is -2.18. The minimum Gasteiger partial charge on any atom is -0.365 e. The van der Waals surface area contributed by atoms with Crippen LogP contribution >= 0.6 is 0 Å². The van der Waals surface area contributed by atoms with E-state index in [9.17, 15) is 9.18 Å². The Labute approximate surface area is 122 Å². The lowest BCUT2D eigenvalue weighted by Crippen LogP contribution is -2.30. The second-order valence-corrected chi connectivity index (χ2v) is 4.57. The topological polar surface area (TPSA) is 56.1 Å². The van der Waals surface area contributed by atoms with Crippen LogP contribution in [0.3, 0.4) is 0 Å². The van der Waals surface area contributed by atoms with Crippen molar-refractivity contribution in [1.29, 1.82) is 5.26 Å². The van der Waals surface area contributed by atoms with E-state index in [-0.39, 0.29) is 12.5 Å². The lowest BCUT2D eigenvalue weighted by atomic mass is 10.2. The molecule has 0 aliphatic heterocycles. The zero-order valence-corrected chi connectivity index (χ0v) is 11.5. The molecule has 0 saturated heterocycles. The van der Waals surface area contributed by atoms with Crippen molar-refractivity contribution in [2.45, 2.75) is 0 Å². The van der Waals surface area contributed by atoms with Gasteiger partial charge in [-0.25, -0.2) is 4.39 Å². The molecule has 0 saturated carbocycles. The predicted molar refractivity (Wildman–Crippen MR) is 79.5 cm³/mol. The lowest BCUT2D eigenvalue weighted by molar-refractivity contribution is -0.114. The molecule has 0 radical (unpaired) electrons. The molecule has 106 valence electrons. The predicted octanol–water partition coefficient (Wildman–Crippen LogP) is 2.77. The highest BCUT2D eigenvalue weighted by Crippen LogP contribution is 2.14. The van der Waals surface area contributed by atoms with Crippen molar-refractivity contribution >= 4 is 17.3 Å². The van der Waals surface area contributed by atoms with Gasteiger partial charge in [0, 0.05) is 18.4 Å². The van der Waals surface area contributed by atoms with E-state index in [1.165, 1.54) is 18.2 Å². The fourth-order valence-corrected chi connectivity index (χ4v) is 1.86. The van der Waals surface area contributed by atoms with Gasteiger partial charge in [-0.1, -0.05) is 6.07 Å². The number of nitrogens with one attached hydrogen (secondary N) is 1. The molecule has 21 heavy (non-hydrogen) atoms. The van der Waals surface area contributed by atoms with Gasteiger partial charge in [-0.15, -0.1) is 0 Å². The third-order valence-electron chi connectivity index (χ3n) is 2.93. The molecule has 0 spiro atoms. The van der Waals surface area contributed by atoms with Crippen molar-refractivity contribution in [3.05, 3.63) is 59.9 Å². The average Bonchev–Trinajstić information content (AvgIpc) is 2.47. The summed E-state index contributed by atoms with van der Waals surface area (Å²) in [5.74, 6) is -0.638. The third-order valence-corrected chi connectivity index (χ3v) is 2.93. The number of rotatable bonds is 4. The molecule has 5 heteroatoms. The SMILES string of the molecule is CN(CC(=O)Nc1cccc(F)c1)c1ccc(C#N)cc1. The Bertz CT molecular complexity index is 677. The molecule has 0 aliphatic rings. The van der Waals surface area contributed by atoms with Crippen molar-refractivity contribution in [2.75, 3.05) is 23.8 Å². The van der Waals surface area contributed by atoms with Gasteiger partial charge in [0.1, 0.15) is 5.82 Å². The van der Waals surface area contributed by atoms with Gasteiger partial charge in [0.25, 0.3) is 0 Å². The van der Waals surface area contributed by atoms with E-state index in [1.54, 1.807) is 42.3 Å². The number of nitriles is 1. The van der Waals surface area contributed by atoms with E-state index in [2.05, 4.69) is 5.32 Å². The van der Waals surface area contributed by atoms with Crippen LogP contribution in [0.25, 0.3) is 0 Å². The number of benzene rings is 2. The number of hydrogen-bond acceptors (Lipinski definition) is 3. The first-order chi connectivity index (χ1) is 10.1. The summed E-state index contributed by atoms with van der Waals surface area (Å²) in [6.45, 7) is 0.127. The smallest absolute Gasteiger partial charge is 0.243 e. The Morgan fingerprint density at radius 3 is 2.62 bits per heavy atom. The summed E-state index contributed by atoms with van der Waals surface area (Å²) in [4.78, 5) is 13.6. The van der Waals surface area contributed by atoms with Crippen molar-refractivity contribution < 1.29 is 9.18 Å². The molecule has 4 nitrogen and oxygen atoms in total. The second kappa shape index (κ2) is 6.53. The maximum atomic E-state index is 13.0. The van der Waals surface area contributed by atoms with Gasteiger partial charge in [-0.3, -0.25) is 4.79 Å². The first-order valence-corrected chi connectivity index (χ1v) is 6.35. The monoisotopic (exact) mass is 283 g/mol. The van der Waals surface area contributed by atoms with E-state index in [1.807, 2.05) is 6.07 Å². The van der Waals surface area contributed by atoms with Crippen LogP contribution in [0.1, 0.15) is 5.56 Å². The molecule has 1 N–H and O–H groups in total. The summed E-state index contributed by atoms with van der Waals surface area (Å²) < 4.78 is 13.0. The number of likely N-dealkylation sites (N-methyl/N-ethyl adjacent to an activating group) is 1. The molecular formula is C16H14FN3O. The standard InChI is InChI=1S/C16H14FN3O/c1-20(15-7-5-12(10-18)6-8-15)11-16(21)19-14-4-2-3-13(17)9-14/h2-9H,11H2,1H3,(H,19,21). The summed E-state index contributed by atoms with van der Waals surface area (Å²) in [6.07, 6.45) is 0. The van der Waals surface area contributed by atoms with Crippen LogP contribution in [0.2, 0.25) is 0 Å². The minimum absolute atomic E-state index is 0.127. The van der Waals surface area contributed by atoms with Crippen molar-refractivity contribution in [2.24, 2.45) is 0 Å². The number of carbonyl (C=O) groups is 1. The van der Waals surface area contributed by atoms with Gasteiger partial charge in [0.05, 0.1) is 18.2 Å². The number of halogens is 1. The number of anilines is 2. The highest BCUT2D eigenvalue weighted by molar-refractivity contribution is 5.94. The summed E-state index contributed by atoms with van der Waals surface area (Å²) in [5.41, 5.74) is 1.81. The van der Waals surface area contributed by atoms with E-state index < -0.39 is 5.82 Å². The van der Waals surface area contributed by atoms with E-state index >= 15 is 0 Å². The number of carbonyl (C=O) groups excluding carboxylic acids is 1. The Morgan fingerprint density at radius 1 is 1.29 bits per heavy atom. The third kappa shape index (κ3) is 4.05. The highest BCUT2D eigenvalue weighted by Gasteiger charge is 2.08. The van der Waals surface area contributed by atoms with E-state index in [0.29, 0.717) is 11.3 Å². The molecule has 2 aromatic rings. The Morgan fingerprint density at radius 2 is 2.00 bits per heavy atom. The van der Waals surface area contributed by atoms with Gasteiger partial charge in [0.15, 0.2) is 0 Å². The summed E-state index contributed by atoms with van der Waals surface area (Å²) >= 11 is 0. The molecule has 2 rings (SSSR count). The van der Waals surface area contributed by atoms with E-state index in [4.69, 9.17) is 5.26 Å². The summed E-state index contributed by atoms with van der Waals surface area (Å²) in [7, 11) is 1.77. The van der Waals surface area contributed by atoms with Crippen molar-refractivity contribution in [1.82, 2.24) is 0 Å². The molecule has 0 heterocycles. The summed E-state index contributed by atoms with van der Waals surface area (Å²) in [5, 5.41) is 11.4. The van der Waals surface area contributed by atoms with Gasteiger partial charge >= 0.3 is 0 Å². The quantitative estimate of drug-likeness (QED) is 0.938. The average molecular weight is 283 g/mol. The van der Waals surface area contributed by atoms with Crippen molar-refractivity contribution in [3.8, 4) is 6.07 Å². The van der Waals surface area contributed by atoms with Crippen LogP contribution in [0.4, 0.5) is 15.8 Å². The minimum atomic E-state index is -0.395. The van der Waals surface area contributed by atoms with Gasteiger partial charge in [-0.05, 0) is 42.5 Å². The van der Waals surface area contributed by atoms with Crippen molar-refractivity contribution in [3.63, 3.8) is 0 Å². The van der Waals surface area contributed by atoms with Crippen LogP contribution in [0, 0.1) is 17.1 Å². The van der Waals surface area contributed by atoms with Crippen LogP contribution < -0.4 is 10.2 Å². The largest absolute Gasteiger partial charge is 0.365 e. The number of amides is 1. The Hall–Kier alpha value is -2.87. The highest BCUT2D eigenvalue weighted by atomic mass is 19.1. The number of hydrogen-bond donors (Lipinski definition) is 1. The zero-order chi connectivity index (χ0) is 15.2. The molecule has 0 atom stereocenters. The molecule has 2 aromatic carbocycles. The molecule has 0 unspecified atom stereocenters. The fraction of sp³-hybridized carbons (Fsp3) is 0.125. The van der Waals surface area contributed by atoms with E-state index in [0.717, 1.165) is 5.69 Å². The van der Waals surface area contributed by atoms with Crippen LogP contribution in [-0.4, -0.2) is 19.5 Å². The maximum Gasteiger partial charge on any atom is 0.243 e. The van der Waals surface area contributed by atoms with Gasteiger partial charge < -0.3 is 10.2 Å². The molecule has 0 fully saturated rings. The second-order valence-electron chi connectivity index (χ2n) is 4.57. The molecule has 0 bridgehead atoms. The molecule has 1 amide bonds. The molecule has 0 aliphatic carbocycles. The van der Waals surface area contributed by atoms with Gasteiger partial charge in [-0.2, -0.15) is 5.26 Å². The number of nitrogens with zero attached hydrogens (tertiary/aromatic N) is 2. The maximum absolute atomic E-state index is 13.0. The normalized spacial score (nSPS) is 9.76. The first kappa shape index (κ1) is 14.5.